The summed E-state index contributed by atoms with van der Waals surface area (Å²) in [5.41, 5.74) is 3.87. The number of amides is 4. The van der Waals surface area contributed by atoms with Crippen molar-refractivity contribution in [2.24, 2.45) is 0 Å². The third-order valence-corrected chi connectivity index (χ3v) is 6.48. The van der Waals surface area contributed by atoms with Gasteiger partial charge in [0.05, 0.1) is 19.4 Å². The Morgan fingerprint density at radius 2 is 1.92 bits per heavy atom. The second kappa shape index (κ2) is 12.2. The van der Waals surface area contributed by atoms with Crippen LogP contribution >= 0.6 is 0 Å². The molecule has 39 heavy (non-hydrogen) atoms. The third kappa shape index (κ3) is 6.72. The van der Waals surface area contributed by atoms with Gasteiger partial charge in [0.2, 0.25) is 0 Å². The second-order valence-electron chi connectivity index (χ2n) is 9.72. The lowest BCUT2D eigenvalue weighted by Gasteiger charge is -2.22. The van der Waals surface area contributed by atoms with Gasteiger partial charge in [0.25, 0.3) is 11.8 Å². The lowest BCUT2D eigenvalue weighted by atomic mass is 10.1. The summed E-state index contributed by atoms with van der Waals surface area (Å²) in [5.74, 6) is 0.733. The highest BCUT2D eigenvalue weighted by atomic mass is 16.5. The summed E-state index contributed by atoms with van der Waals surface area (Å²) in [4.78, 5) is 45.1. The number of furan rings is 1. The van der Waals surface area contributed by atoms with Crippen LogP contribution in [0.1, 0.15) is 33.4 Å². The van der Waals surface area contributed by atoms with Crippen molar-refractivity contribution in [3.05, 3.63) is 59.0 Å². The first-order valence-corrected chi connectivity index (χ1v) is 12.6. The molecule has 2 aromatic heterocycles. The molecule has 1 unspecified atom stereocenters. The number of pyridine rings is 1. The van der Waals surface area contributed by atoms with Crippen molar-refractivity contribution < 1.29 is 28.6 Å². The first-order chi connectivity index (χ1) is 18.7. The van der Waals surface area contributed by atoms with Crippen molar-refractivity contribution >= 4 is 28.9 Å². The van der Waals surface area contributed by atoms with Crippen LogP contribution < -0.4 is 15.4 Å². The molecule has 2 aliphatic rings. The molecule has 5 rings (SSSR count). The van der Waals surface area contributed by atoms with Crippen molar-refractivity contribution in [3.63, 3.8) is 0 Å². The molecule has 1 fully saturated rings. The van der Waals surface area contributed by atoms with Gasteiger partial charge in [-0.05, 0) is 43.9 Å². The summed E-state index contributed by atoms with van der Waals surface area (Å²) in [6.45, 7) is 3.66. The van der Waals surface area contributed by atoms with Gasteiger partial charge in [-0.3, -0.25) is 19.8 Å². The molecule has 0 spiro atoms. The molecule has 3 N–H and O–H groups in total. The third-order valence-electron chi connectivity index (χ3n) is 6.48. The van der Waals surface area contributed by atoms with E-state index in [0.717, 1.165) is 35.7 Å². The summed E-state index contributed by atoms with van der Waals surface area (Å²) in [7, 11) is 7.42. The average molecular weight is 539 g/mol. The van der Waals surface area contributed by atoms with Crippen LogP contribution in [0.2, 0.25) is 0 Å². The fourth-order valence-corrected chi connectivity index (χ4v) is 4.37. The number of benzene rings is 1. The molecule has 12 nitrogen and oxygen atoms in total. The minimum absolute atomic E-state index is 0.0777. The van der Waals surface area contributed by atoms with Gasteiger partial charge in [0.15, 0.2) is 11.6 Å². The lowest BCUT2D eigenvalue weighted by Crippen LogP contribution is -2.33. The average Bonchev–Trinajstić information content (AvgIpc) is 3.56. The van der Waals surface area contributed by atoms with E-state index in [1.807, 2.05) is 32.3 Å². The molecule has 3 aromatic rings. The fraction of sp³-hybridized carbons (Fsp3) is 0.407. The maximum absolute atomic E-state index is 11.8. The van der Waals surface area contributed by atoms with E-state index in [1.54, 1.807) is 37.3 Å². The highest BCUT2D eigenvalue weighted by Gasteiger charge is 2.33. The lowest BCUT2D eigenvalue weighted by molar-refractivity contribution is -0.120. The maximum Gasteiger partial charge on any atom is 0.322 e. The zero-order valence-corrected chi connectivity index (χ0v) is 22.6. The second-order valence-corrected chi connectivity index (χ2v) is 9.72. The Hall–Kier alpha value is -4.00. The number of aliphatic hydroxyl groups is 1. The molecule has 1 saturated heterocycles. The van der Waals surface area contributed by atoms with Crippen molar-refractivity contribution in [1.82, 2.24) is 30.3 Å². The van der Waals surface area contributed by atoms with Gasteiger partial charge < -0.3 is 29.4 Å². The minimum atomic E-state index is -0.828. The number of ether oxygens (including phenoxy) is 1. The van der Waals surface area contributed by atoms with Crippen LogP contribution in [0.15, 0.2) is 40.8 Å². The number of hydrogen-bond donors (Lipinski definition) is 3. The van der Waals surface area contributed by atoms with Gasteiger partial charge >= 0.3 is 6.03 Å². The van der Waals surface area contributed by atoms with E-state index in [1.165, 1.54) is 0 Å². The zero-order valence-electron chi connectivity index (χ0n) is 22.6. The van der Waals surface area contributed by atoms with Gasteiger partial charge in [-0.15, -0.1) is 0 Å². The molecule has 0 aliphatic carbocycles. The Bertz CT molecular complexity index is 1360. The van der Waals surface area contributed by atoms with Crippen LogP contribution in [0.25, 0.3) is 11.1 Å². The quantitative estimate of drug-likeness (QED) is 0.344. The molecule has 4 amide bonds. The Morgan fingerprint density at radius 1 is 1.13 bits per heavy atom. The van der Waals surface area contributed by atoms with Gasteiger partial charge in [-0.25, -0.2) is 9.78 Å². The van der Waals surface area contributed by atoms with Crippen LogP contribution in [0, 0.1) is 0 Å². The largest absolute Gasteiger partial charge is 0.497 e. The molecular formula is C27H34N6O6. The molecule has 2 aliphatic heterocycles. The first-order valence-electron chi connectivity index (χ1n) is 12.6. The Labute approximate surface area is 226 Å². The molecule has 0 bridgehead atoms. The molecule has 0 radical (unpaired) electrons. The summed E-state index contributed by atoms with van der Waals surface area (Å²) in [5, 5.41) is 14.0. The van der Waals surface area contributed by atoms with Crippen molar-refractivity contribution in [2.75, 3.05) is 54.5 Å². The van der Waals surface area contributed by atoms with Crippen molar-refractivity contribution in [2.45, 2.75) is 19.1 Å². The number of imide groups is 1. The number of urea groups is 1. The number of aromatic nitrogens is 1. The van der Waals surface area contributed by atoms with Gasteiger partial charge in [0, 0.05) is 51.4 Å². The summed E-state index contributed by atoms with van der Waals surface area (Å²) in [6.07, 6.45) is 0. The van der Waals surface area contributed by atoms with Gasteiger partial charge in [-0.1, -0.05) is 6.07 Å². The van der Waals surface area contributed by atoms with Gasteiger partial charge in [0.1, 0.15) is 17.0 Å². The maximum atomic E-state index is 11.8. The predicted molar refractivity (Wildman–Crippen MR) is 143 cm³/mol. The molecule has 1 aromatic carbocycles. The van der Waals surface area contributed by atoms with E-state index in [2.05, 4.69) is 25.4 Å². The number of rotatable bonds is 9. The topological polar surface area (TPSA) is 140 Å². The SMILES string of the molecule is CN(C)CCN(CCO)Cc1ccc2oc(C3NC(=O)NC3=O)cc2n1.COc1ccc2c(c1)C(=O)N(C)C2. The van der Waals surface area contributed by atoms with Crippen molar-refractivity contribution in [3.8, 4) is 5.75 Å². The molecular weight excluding hydrogens is 504 g/mol. The smallest absolute Gasteiger partial charge is 0.322 e. The standard InChI is InChI=1S/C17H23N5O4.C10H11NO2/c1-21(2)5-6-22(7-8-23)10-11-3-4-13-12(18-11)9-14(26-13)15-16(24)20-17(25)19-15;1-11-6-7-3-4-8(13-2)5-9(7)10(11)12/h3-4,9,15,23H,5-8,10H2,1-2H3,(H2,19,20,24,25);3-5H,6H2,1-2H3. The molecule has 4 heterocycles. The number of hydrogen-bond acceptors (Lipinski definition) is 9. The van der Waals surface area contributed by atoms with E-state index < -0.39 is 18.0 Å². The number of carbonyl (C=O) groups excluding carboxylic acids is 3. The van der Waals surface area contributed by atoms with Crippen LogP contribution in [0.3, 0.4) is 0 Å². The van der Waals surface area contributed by atoms with Crippen molar-refractivity contribution in [1.29, 1.82) is 0 Å². The number of methoxy groups -OCH3 is 1. The summed E-state index contributed by atoms with van der Waals surface area (Å²) >= 11 is 0. The predicted octanol–water partition coefficient (Wildman–Crippen LogP) is 1.35. The summed E-state index contributed by atoms with van der Waals surface area (Å²) in [6, 6.07) is 9.59. The Kier molecular flexibility index (Phi) is 8.79. The normalized spacial score (nSPS) is 16.4. The molecule has 208 valence electrons. The van der Waals surface area contributed by atoms with Crippen LogP contribution in [-0.4, -0.2) is 97.1 Å². The van der Waals surface area contributed by atoms with Crippen LogP contribution in [0.4, 0.5) is 4.79 Å². The van der Waals surface area contributed by atoms with E-state index in [0.29, 0.717) is 36.5 Å². The van der Waals surface area contributed by atoms with E-state index in [9.17, 15) is 19.5 Å². The van der Waals surface area contributed by atoms with Crippen LogP contribution in [-0.2, 0) is 17.9 Å². The number of likely N-dealkylation sites (N-methyl/N-ethyl adjacent to an activating group) is 1. The highest BCUT2D eigenvalue weighted by Crippen LogP contribution is 2.26. The minimum Gasteiger partial charge on any atom is -0.497 e. The Balaban J connectivity index is 0.000000226. The highest BCUT2D eigenvalue weighted by molar-refractivity contribution is 6.04. The number of nitrogens with zero attached hydrogens (tertiary/aromatic N) is 4. The van der Waals surface area contributed by atoms with Crippen LogP contribution in [0.5, 0.6) is 5.75 Å². The summed E-state index contributed by atoms with van der Waals surface area (Å²) < 4.78 is 10.7. The number of fused-ring (bicyclic) bond motifs is 2. The first kappa shape index (κ1) is 28.0. The number of aliphatic hydroxyl groups excluding tert-OH is 1. The Morgan fingerprint density at radius 3 is 2.59 bits per heavy atom. The molecule has 12 heteroatoms. The van der Waals surface area contributed by atoms with E-state index in [4.69, 9.17) is 9.15 Å². The van der Waals surface area contributed by atoms with E-state index >= 15 is 0 Å². The molecule has 0 saturated carbocycles. The fourth-order valence-electron chi connectivity index (χ4n) is 4.37. The molecule has 1 atom stereocenters. The van der Waals surface area contributed by atoms with Gasteiger partial charge in [-0.2, -0.15) is 0 Å². The zero-order chi connectivity index (χ0) is 28.1. The number of carbonyl (C=O) groups is 3. The monoisotopic (exact) mass is 538 g/mol. The van der Waals surface area contributed by atoms with E-state index in [-0.39, 0.29) is 12.5 Å². The number of nitrogens with one attached hydrogen (secondary N) is 2.